The third-order valence-corrected chi connectivity index (χ3v) is 4.50. The molecule has 0 spiro atoms. The van der Waals surface area contributed by atoms with E-state index in [0.29, 0.717) is 16.9 Å². The molecule has 0 saturated heterocycles. The zero-order chi connectivity index (χ0) is 18.0. The summed E-state index contributed by atoms with van der Waals surface area (Å²) in [5, 5.41) is 4.21. The van der Waals surface area contributed by atoms with Crippen LogP contribution in [0, 0.1) is 12.7 Å². The lowest BCUT2D eigenvalue weighted by atomic mass is 10.1. The van der Waals surface area contributed by atoms with Gasteiger partial charge in [-0.25, -0.2) is 9.07 Å². The Morgan fingerprint density at radius 2 is 1.76 bits per heavy atom. The van der Waals surface area contributed by atoms with Crippen LogP contribution in [0.1, 0.15) is 34.6 Å². The van der Waals surface area contributed by atoms with Crippen LogP contribution in [0.5, 0.6) is 0 Å². The van der Waals surface area contributed by atoms with Crippen molar-refractivity contribution in [3.63, 3.8) is 0 Å². The highest BCUT2D eigenvalue weighted by molar-refractivity contribution is 5.95. The summed E-state index contributed by atoms with van der Waals surface area (Å²) in [6, 6.07) is 16.1. The molecule has 0 N–H and O–H groups in total. The molecule has 1 atom stereocenters. The number of para-hydroxylation sites is 1. The summed E-state index contributed by atoms with van der Waals surface area (Å²) in [6.07, 6.45) is 1.50. The van der Waals surface area contributed by atoms with Crippen LogP contribution in [0.15, 0.2) is 60.8 Å². The first kappa shape index (κ1) is 16.9. The van der Waals surface area contributed by atoms with Crippen molar-refractivity contribution in [1.29, 1.82) is 0 Å². The zero-order valence-electron chi connectivity index (χ0n) is 14.5. The standard InChI is InChI=1S/C20H20FN3O/c1-14(16-9-5-4-6-10-16)23(3)20(25)17-13-22-24(15(17)2)19-12-8-7-11-18(19)21/h4-14H,1-3H3/t14-/m0/s1. The van der Waals surface area contributed by atoms with Crippen molar-refractivity contribution in [2.45, 2.75) is 19.9 Å². The summed E-state index contributed by atoms with van der Waals surface area (Å²) >= 11 is 0. The molecular formula is C20H20FN3O. The van der Waals surface area contributed by atoms with Crippen molar-refractivity contribution in [3.8, 4) is 5.69 Å². The number of halogens is 1. The van der Waals surface area contributed by atoms with Gasteiger partial charge in [0, 0.05) is 7.05 Å². The SMILES string of the molecule is Cc1c(C(=O)N(C)[C@@H](C)c2ccccc2)cnn1-c1ccccc1F. The number of hydrogen-bond donors (Lipinski definition) is 0. The fourth-order valence-electron chi connectivity index (χ4n) is 2.81. The molecule has 2 aromatic carbocycles. The number of aromatic nitrogens is 2. The van der Waals surface area contributed by atoms with E-state index in [-0.39, 0.29) is 17.8 Å². The van der Waals surface area contributed by atoms with Crippen LogP contribution in [0.4, 0.5) is 4.39 Å². The lowest BCUT2D eigenvalue weighted by Gasteiger charge is -2.25. The maximum absolute atomic E-state index is 14.0. The summed E-state index contributed by atoms with van der Waals surface area (Å²) in [6.45, 7) is 3.75. The molecule has 4 nitrogen and oxygen atoms in total. The smallest absolute Gasteiger partial charge is 0.257 e. The average Bonchev–Trinajstić information content (AvgIpc) is 3.02. The highest BCUT2D eigenvalue weighted by atomic mass is 19.1. The number of hydrogen-bond acceptors (Lipinski definition) is 2. The summed E-state index contributed by atoms with van der Waals surface area (Å²) in [5.74, 6) is -0.518. The predicted molar refractivity (Wildman–Crippen MR) is 95.2 cm³/mol. The van der Waals surface area contributed by atoms with Gasteiger partial charge >= 0.3 is 0 Å². The van der Waals surface area contributed by atoms with Gasteiger partial charge in [-0.2, -0.15) is 5.10 Å². The molecular weight excluding hydrogens is 317 g/mol. The molecule has 0 unspecified atom stereocenters. The van der Waals surface area contributed by atoms with Gasteiger partial charge in [-0.15, -0.1) is 0 Å². The van der Waals surface area contributed by atoms with Crippen molar-refractivity contribution < 1.29 is 9.18 Å². The van der Waals surface area contributed by atoms with E-state index in [2.05, 4.69) is 5.10 Å². The molecule has 0 fully saturated rings. The minimum Gasteiger partial charge on any atom is -0.335 e. The first-order valence-electron chi connectivity index (χ1n) is 8.12. The molecule has 128 valence electrons. The number of amides is 1. The van der Waals surface area contributed by atoms with Gasteiger partial charge in [-0.3, -0.25) is 4.79 Å². The Hall–Kier alpha value is -2.95. The first-order chi connectivity index (χ1) is 12.0. The van der Waals surface area contributed by atoms with Crippen LogP contribution in [-0.4, -0.2) is 27.6 Å². The Morgan fingerprint density at radius 3 is 2.44 bits per heavy atom. The lowest BCUT2D eigenvalue weighted by Crippen LogP contribution is -2.30. The summed E-state index contributed by atoms with van der Waals surface area (Å²) in [4.78, 5) is 14.6. The van der Waals surface area contributed by atoms with Crippen LogP contribution in [0.2, 0.25) is 0 Å². The van der Waals surface area contributed by atoms with Crippen molar-refractivity contribution >= 4 is 5.91 Å². The largest absolute Gasteiger partial charge is 0.335 e. The minimum absolute atomic E-state index is 0.0788. The second-order valence-corrected chi connectivity index (χ2v) is 6.01. The summed E-state index contributed by atoms with van der Waals surface area (Å²) in [5.41, 5.74) is 2.46. The summed E-state index contributed by atoms with van der Waals surface area (Å²) < 4.78 is 15.5. The van der Waals surface area contributed by atoms with E-state index >= 15 is 0 Å². The third kappa shape index (κ3) is 3.18. The molecule has 3 rings (SSSR count). The normalized spacial score (nSPS) is 12.0. The van der Waals surface area contributed by atoms with E-state index in [1.807, 2.05) is 37.3 Å². The van der Waals surface area contributed by atoms with Gasteiger partial charge in [0.1, 0.15) is 11.5 Å². The predicted octanol–water partition coefficient (Wildman–Crippen LogP) is 4.15. The molecule has 0 aliphatic carbocycles. The topological polar surface area (TPSA) is 38.1 Å². The van der Waals surface area contributed by atoms with E-state index in [0.717, 1.165) is 5.56 Å². The van der Waals surface area contributed by atoms with E-state index < -0.39 is 0 Å². The number of benzene rings is 2. The fraction of sp³-hybridized carbons (Fsp3) is 0.200. The average molecular weight is 337 g/mol. The Bertz CT molecular complexity index is 889. The summed E-state index contributed by atoms with van der Waals surface area (Å²) in [7, 11) is 1.76. The molecule has 5 heteroatoms. The quantitative estimate of drug-likeness (QED) is 0.717. The number of carbonyl (C=O) groups excluding carboxylic acids is 1. The van der Waals surface area contributed by atoms with Gasteiger partial charge in [0.25, 0.3) is 5.91 Å². The third-order valence-electron chi connectivity index (χ3n) is 4.50. The van der Waals surface area contributed by atoms with Crippen LogP contribution in [0.3, 0.4) is 0 Å². The second kappa shape index (κ2) is 6.89. The van der Waals surface area contributed by atoms with Crippen molar-refractivity contribution in [1.82, 2.24) is 14.7 Å². The van der Waals surface area contributed by atoms with Gasteiger partial charge < -0.3 is 4.90 Å². The molecule has 0 saturated carbocycles. The van der Waals surface area contributed by atoms with Crippen LogP contribution >= 0.6 is 0 Å². The number of nitrogens with zero attached hydrogens (tertiary/aromatic N) is 3. The van der Waals surface area contributed by atoms with Crippen molar-refractivity contribution in [3.05, 3.63) is 83.4 Å². The van der Waals surface area contributed by atoms with Gasteiger partial charge in [0.05, 0.1) is 23.5 Å². The van der Waals surface area contributed by atoms with Crippen LogP contribution in [-0.2, 0) is 0 Å². The molecule has 0 radical (unpaired) electrons. The first-order valence-corrected chi connectivity index (χ1v) is 8.12. The van der Waals surface area contributed by atoms with E-state index in [1.165, 1.54) is 16.9 Å². The molecule has 0 aliphatic heterocycles. The van der Waals surface area contributed by atoms with E-state index in [4.69, 9.17) is 0 Å². The molecule has 3 aromatic rings. The van der Waals surface area contributed by atoms with Gasteiger partial charge in [0.15, 0.2) is 0 Å². The van der Waals surface area contributed by atoms with E-state index in [1.54, 1.807) is 37.1 Å². The lowest BCUT2D eigenvalue weighted by molar-refractivity contribution is 0.0742. The van der Waals surface area contributed by atoms with E-state index in [9.17, 15) is 9.18 Å². The molecule has 1 heterocycles. The maximum atomic E-state index is 14.0. The Labute approximate surface area is 146 Å². The second-order valence-electron chi connectivity index (χ2n) is 6.01. The molecule has 25 heavy (non-hydrogen) atoms. The van der Waals surface area contributed by atoms with Gasteiger partial charge in [-0.1, -0.05) is 42.5 Å². The number of carbonyl (C=O) groups is 1. The number of rotatable bonds is 4. The van der Waals surface area contributed by atoms with Gasteiger partial charge in [-0.05, 0) is 31.5 Å². The Morgan fingerprint density at radius 1 is 1.12 bits per heavy atom. The van der Waals surface area contributed by atoms with Crippen molar-refractivity contribution in [2.24, 2.45) is 0 Å². The highest BCUT2D eigenvalue weighted by Crippen LogP contribution is 2.23. The molecule has 0 bridgehead atoms. The van der Waals surface area contributed by atoms with Gasteiger partial charge in [0.2, 0.25) is 0 Å². The van der Waals surface area contributed by atoms with Crippen LogP contribution in [0.25, 0.3) is 5.69 Å². The molecule has 0 aliphatic rings. The minimum atomic E-state index is -0.376. The maximum Gasteiger partial charge on any atom is 0.257 e. The van der Waals surface area contributed by atoms with Crippen LogP contribution < -0.4 is 0 Å². The molecule has 1 aromatic heterocycles. The zero-order valence-corrected chi connectivity index (χ0v) is 14.5. The van der Waals surface area contributed by atoms with Crippen molar-refractivity contribution in [2.75, 3.05) is 7.05 Å². The monoisotopic (exact) mass is 337 g/mol. The molecule has 1 amide bonds. The Kier molecular flexibility index (Phi) is 4.65. The Balaban J connectivity index is 1.90. The fourth-order valence-corrected chi connectivity index (χ4v) is 2.81. The highest BCUT2D eigenvalue weighted by Gasteiger charge is 2.23.